The molecule has 2 aromatic carbocycles. The molecule has 0 unspecified atom stereocenters. The summed E-state index contributed by atoms with van der Waals surface area (Å²) >= 11 is 5.69. The van der Waals surface area contributed by atoms with Gasteiger partial charge in [0.05, 0.1) is 13.2 Å². The molecule has 0 aromatic heterocycles. The van der Waals surface area contributed by atoms with Crippen LogP contribution in [-0.4, -0.2) is 19.1 Å². The van der Waals surface area contributed by atoms with Gasteiger partial charge in [-0.3, -0.25) is 0 Å². The fourth-order valence-electron chi connectivity index (χ4n) is 2.38. The van der Waals surface area contributed by atoms with Crippen LogP contribution in [0.5, 0.6) is 11.5 Å². The maximum atomic E-state index is 5.95. The van der Waals surface area contributed by atoms with Gasteiger partial charge in [-0.15, -0.1) is 11.6 Å². The average Bonchev–Trinajstić information content (AvgIpc) is 2.56. The lowest BCUT2D eigenvalue weighted by molar-refractivity contribution is 0.304. The highest BCUT2D eigenvalue weighted by molar-refractivity contribution is 6.17. The first-order valence-electron chi connectivity index (χ1n) is 8.20. The highest BCUT2D eigenvalue weighted by atomic mass is 35.5. The van der Waals surface area contributed by atoms with E-state index < -0.39 is 0 Å². The van der Waals surface area contributed by atoms with E-state index in [1.165, 1.54) is 0 Å². The van der Waals surface area contributed by atoms with Crippen LogP contribution in [0.4, 0.5) is 0 Å². The molecule has 0 saturated carbocycles. The Morgan fingerprint density at radius 2 is 1.36 bits per heavy atom. The van der Waals surface area contributed by atoms with Crippen LogP contribution in [0.15, 0.2) is 36.4 Å². The van der Waals surface area contributed by atoms with Crippen molar-refractivity contribution >= 4 is 22.4 Å². The lowest BCUT2D eigenvalue weighted by atomic mass is 10.1. The molecule has 0 spiro atoms. The largest absolute Gasteiger partial charge is 0.493 e. The summed E-state index contributed by atoms with van der Waals surface area (Å²) in [4.78, 5) is 0. The second kappa shape index (κ2) is 9.58. The first-order valence-corrected chi connectivity index (χ1v) is 8.73. The normalized spacial score (nSPS) is 10.8. The molecule has 3 heteroatoms. The van der Waals surface area contributed by atoms with E-state index in [-0.39, 0.29) is 0 Å². The molecule has 0 fully saturated rings. The van der Waals surface area contributed by atoms with Crippen LogP contribution < -0.4 is 9.47 Å². The zero-order valence-corrected chi connectivity index (χ0v) is 14.1. The monoisotopic (exact) mass is 320 g/mol. The van der Waals surface area contributed by atoms with Crippen LogP contribution in [0.2, 0.25) is 0 Å². The molecule has 2 aromatic rings. The van der Waals surface area contributed by atoms with Crippen LogP contribution in [0.3, 0.4) is 0 Å². The van der Waals surface area contributed by atoms with Gasteiger partial charge in [0.15, 0.2) is 0 Å². The van der Waals surface area contributed by atoms with Crippen LogP contribution in [0.1, 0.15) is 39.0 Å². The predicted molar refractivity (Wildman–Crippen MR) is 94.4 cm³/mol. The molecule has 0 heterocycles. The van der Waals surface area contributed by atoms with Crippen LogP contribution >= 0.6 is 11.6 Å². The molecule has 0 aliphatic carbocycles. The molecule has 0 saturated heterocycles. The number of ether oxygens (including phenoxy) is 2. The van der Waals surface area contributed by atoms with Crippen molar-refractivity contribution in [3.8, 4) is 11.5 Å². The van der Waals surface area contributed by atoms with E-state index in [1.807, 2.05) is 24.3 Å². The summed E-state index contributed by atoms with van der Waals surface area (Å²) in [6.45, 7) is 3.67. The molecule has 0 radical (unpaired) electrons. The van der Waals surface area contributed by atoms with Crippen molar-refractivity contribution in [2.24, 2.45) is 0 Å². The molecule has 0 bridgehead atoms. The molecular weight excluding hydrogens is 296 g/mol. The fourth-order valence-corrected chi connectivity index (χ4v) is 2.57. The van der Waals surface area contributed by atoms with Gasteiger partial charge in [0.2, 0.25) is 0 Å². The highest BCUT2D eigenvalue weighted by Crippen LogP contribution is 2.33. The Bertz CT molecular complexity index is 568. The number of hydrogen-bond donors (Lipinski definition) is 0. The summed E-state index contributed by atoms with van der Waals surface area (Å²) < 4.78 is 11.8. The first-order chi connectivity index (χ1) is 10.9. The second-order valence-electron chi connectivity index (χ2n) is 5.41. The molecule has 2 nitrogen and oxygen atoms in total. The zero-order valence-electron chi connectivity index (χ0n) is 13.3. The third-order valence-corrected chi connectivity index (χ3v) is 3.90. The number of unbranched alkanes of at least 4 members (excludes halogenated alkanes) is 3. The van der Waals surface area contributed by atoms with Crippen molar-refractivity contribution in [1.82, 2.24) is 0 Å². The number of fused-ring (bicyclic) bond motifs is 1. The Morgan fingerprint density at radius 1 is 0.773 bits per heavy atom. The Kier molecular flexibility index (Phi) is 7.38. The SMILES string of the molecule is CCCCOc1ccc(OCCCCCCl)c2ccccc12. The van der Waals surface area contributed by atoms with Gasteiger partial charge >= 0.3 is 0 Å². The lowest BCUT2D eigenvalue weighted by Gasteiger charge is -2.13. The van der Waals surface area contributed by atoms with Gasteiger partial charge in [-0.05, 0) is 37.8 Å². The Hall–Kier alpha value is -1.41. The first kappa shape index (κ1) is 17.0. The molecular formula is C19H25ClO2. The maximum Gasteiger partial charge on any atom is 0.127 e. The molecule has 22 heavy (non-hydrogen) atoms. The fraction of sp³-hybridized carbons (Fsp3) is 0.474. The molecule has 0 aliphatic rings. The Balaban J connectivity index is 2.07. The van der Waals surface area contributed by atoms with Crippen LogP contribution in [0, 0.1) is 0 Å². The van der Waals surface area contributed by atoms with Crippen LogP contribution in [0.25, 0.3) is 10.8 Å². The lowest BCUT2D eigenvalue weighted by Crippen LogP contribution is -2.00. The summed E-state index contributed by atoms with van der Waals surface area (Å²) in [6, 6.07) is 12.3. The van der Waals surface area contributed by atoms with Crippen molar-refractivity contribution < 1.29 is 9.47 Å². The van der Waals surface area contributed by atoms with Crippen molar-refractivity contribution in [2.45, 2.75) is 39.0 Å². The van der Waals surface area contributed by atoms with Crippen molar-refractivity contribution in [2.75, 3.05) is 19.1 Å². The van der Waals surface area contributed by atoms with Gasteiger partial charge in [0.1, 0.15) is 11.5 Å². The molecule has 0 N–H and O–H groups in total. The second-order valence-corrected chi connectivity index (χ2v) is 5.79. The van der Waals surface area contributed by atoms with Crippen molar-refractivity contribution in [3.63, 3.8) is 0 Å². The highest BCUT2D eigenvalue weighted by Gasteiger charge is 2.07. The third kappa shape index (κ3) is 4.81. The zero-order chi connectivity index (χ0) is 15.6. The van der Waals surface area contributed by atoms with Gasteiger partial charge in [0, 0.05) is 16.7 Å². The molecule has 120 valence electrons. The average molecular weight is 321 g/mol. The molecule has 0 aliphatic heterocycles. The number of halogens is 1. The number of alkyl halides is 1. The topological polar surface area (TPSA) is 18.5 Å². The maximum absolute atomic E-state index is 5.95. The Labute approximate surface area is 138 Å². The standard InChI is InChI=1S/C19H25ClO2/c1-2-3-14-21-18-11-12-19(22-15-8-4-7-13-20)17-10-6-5-9-16(17)18/h5-6,9-12H,2-4,7-8,13-15H2,1H3. The summed E-state index contributed by atoms with van der Waals surface area (Å²) in [5, 5.41) is 2.24. The van der Waals surface area contributed by atoms with Gasteiger partial charge in [0.25, 0.3) is 0 Å². The third-order valence-electron chi connectivity index (χ3n) is 3.64. The van der Waals surface area contributed by atoms with E-state index in [4.69, 9.17) is 21.1 Å². The Morgan fingerprint density at radius 3 is 1.91 bits per heavy atom. The number of hydrogen-bond acceptors (Lipinski definition) is 2. The quantitative estimate of drug-likeness (QED) is 0.406. The van der Waals surface area contributed by atoms with Gasteiger partial charge in [-0.25, -0.2) is 0 Å². The van der Waals surface area contributed by atoms with Gasteiger partial charge in [-0.2, -0.15) is 0 Å². The number of rotatable bonds is 10. The minimum Gasteiger partial charge on any atom is -0.493 e. The molecule has 0 amide bonds. The van der Waals surface area contributed by atoms with E-state index in [9.17, 15) is 0 Å². The van der Waals surface area contributed by atoms with E-state index in [0.29, 0.717) is 0 Å². The summed E-state index contributed by atoms with van der Waals surface area (Å²) in [7, 11) is 0. The van der Waals surface area contributed by atoms with Crippen molar-refractivity contribution in [1.29, 1.82) is 0 Å². The van der Waals surface area contributed by atoms with E-state index in [2.05, 4.69) is 19.1 Å². The smallest absolute Gasteiger partial charge is 0.127 e. The van der Waals surface area contributed by atoms with E-state index >= 15 is 0 Å². The van der Waals surface area contributed by atoms with Crippen LogP contribution in [-0.2, 0) is 0 Å². The molecule has 2 rings (SSSR count). The van der Waals surface area contributed by atoms with Gasteiger partial charge < -0.3 is 9.47 Å². The molecule has 0 atom stereocenters. The minimum atomic E-state index is 0.729. The minimum absolute atomic E-state index is 0.729. The van der Waals surface area contributed by atoms with E-state index in [0.717, 1.165) is 73.5 Å². The summed E-state index contributed by atoms with van der Waals surface area (Å²) in [6.07, 6.45) is 5.42. The summed E-state index contributed by atoms with van der Waals surface area (Å²) in [5.74, 6) is 2.61. The van der Waals surface area contributed by atoms with Crippen molar-refractivity contribution in [3.05, 3.63) is 36.4 Å². The van der Waals surface area contributed by atoms with E-state index in [1.54, 1.807) is 0 Å². The summed E-state index contributed by atoms with van der Waals surface area (Å²) in [5.41, 5.74) is 0. The van der Waals surface area contributed by atoms with Gasteiger partial charge in [-0.1, -0.05) is 37.6 Å². The predicted octanol–water partition coefficient (Wildman–Crippen LogP) is 5.81. The number of benzene rings is 2.